The van der Waals surface area contributed by atoms with Gasteiger partial charge >= 0.3 is 0 Å². The van der Waals surface area contributed by atoms with Crippen LogP contribution in [0.15, 0.2) is 12.1 Å². The van der Waals surface area contributed by atoms with E-state index in [-0.39, 0.29) is 24.0 Å². The summed E-state index contributed by atoms with van der Waals surface area (Å²) in [6.45, 7) is 2.02. The Morgan fingerprint density at radius 2 is 1.76 bits per heavy atom. The van der Waals surface area contributed by atoms with Gasteiger partial charge in [0.2, 0.25) is 0 Å². The minimum Gasteiger partial charge on any atom is -0.327 e. The summed E-state index contributed by atoms with van der Waals surface area (Å²) in [5.41, 5.74) is 6.36. The summed E-state index contributed by atoms with van der Waals surface area (Å²) in [7, 11) is 0. The topological polar surface area (TPSA) is 29.3 Å². The van der Waals surface area contributed by atoms with Crippen molar-refractivity contribution in [2.24, 2.45) is 17.6 Å². The van der Waals surface area contributed by atoms with Crippen LogP contribution in [0, 0.1) is 29.3 Å². The molecule has 2 nitrogen and oxygen atoms in total. The van der Waals surface area contributed by atoms with Crippen LogP contribution in [0.5, 0.6) is 0 Å². The van der Waals surface area contributed by atoms with Crippen molar-refractivity contribution in [3.05, 3.63) is 35.1 Å². The molecular formula is C15H20ClF3N2. The molecule has 21 heavy (non-hydrogen) atoms. The molecule has 3 rings (SSSR count). The van der Waals surface area contributed by atoms with Crippen LogP contribution in [-0.4, -0.2) is 24.0 Å². The molecule has 2 aliphatic rings. The Kier molecular flexibility index (Phi) is 5.17. The maximum absolute atomic E-state index is 13.7. The van der Waals surface area contributed by atoms with E-state index in [2.05, 4.69) is 4.90 Å². The summed E-state index contributed by atoms with van der Waals surface area (Å²) in [5, 5.41) is 0. The fourth-order valence-electron chi connectivity index (χ4n) is 3.66. The second-order valence-electron chi connectivity index (χ2n) is 6.07. The molecule has 1 heterocycles. The minimum absolute atomic E-state index is 0. The molecule has 2 N–H and O–H groups in total. The molecule has 1 saturated heterocycles. The molecule has 0 aromatic heterocycles. The number of hydrogen-bond acceptors (Lipinski definition) is 2. The monoisotopic (exact) mass is 320 g/mol. The lowest BCUT2D eigenvalue weighted by Gasteiger charge is -2.29. The fourth-order valence-corrected chi connectivity index (χ4v) is 3.66. The highest BCUT2D eigenvalue weighted by Gasteiger charge is 2.38. The standard InChI is InChI=1S/C15H19F3N2.ClH/c16-12-5-14(18)13(17)4-10(12)7-20-6-9-2-1-3-15(19)11(9)8-20;/h4-5,9,11,15H,1-3,6-8,19H2;1H. The van der Waals surface area contributed by atoms with E-state index in [0.717, 1.165) is 38.4 Å². The highest BCUT2D eigenvalue weighted by atomic mass is 35.5. The third-order valence-corrected chi connectivity index (χ3v) is 4.71. The van der Waals surface area contributed by atoms with E-state index in [4.69, 9.17) is 5.73 Å². The normalized spacial score (nSPS) is 29.0. The molecule has 3 atom stereocenters. The smallest absolute Gasteiger partial charge is 0.161 e. The van der Waals surface area contributed by atoms with Crippen molar-refractivity contribution in [1.82, 2.24) is 4.90 Å². The summed E-state index contributed by atoms with van der Waals surface area (Å²) in [4.78, 5) is 2.11. The first kappa shape index (κ1) is 16.6. The van der Waals surface area contributed by atoms with Crippen molar-refractivity contribution in [2.75, 3.05) is 13.1 Å². The van der Waals surface area contributed by atoms with Crippen LogP contribution >= 0.6 is 12.4 Å². The van der Waals surface area contributed by atoms with Crippen molar-refractivity contribution >= 4 is 12.4 Å². The van der Waals surface area contributed by atoms with Crippen LogP contribution in [0.2, 0.25) is 0 Å². The van der Waals surface area contributed by atoms with Gasteiger partial charge in [0.15, 0.2) is 11.6 Å². The van der Waals surface area contributed by atoms with Gasteiger partial charge in [0.25, 0.3) is 0 Å². The van der Waals surface area contributed by atoms with Gasteiger partial charge in [-0.25, -0.2) is 13.2 Å². The van der Waals surface area contributed by atoms with Crippen LogP contribution in [0.25, 0.3) is 0 Å². The van der Waals surface area contributed by atoms with Gasteiger partial charge in [-0.2, -0.15) is 0 Å². The number of nitrogens with two attached hydrogens (primary N) is 1. The third-order valence-electron chi connectivity index (χ3n) is 4.71. The highest BCUT2D eigenvalue weighted by molar-refractivity contribution is 5.85. The zero-order valence-electron chi connectivity index (χ0n) is 11.7. The maximum Gasteiger partial charge on any atom is 0.161 e. The van der Waals surface area contributed by atoms with E-state index in [0.29, 0.717) is 24.4 Å². The van der Waals surface area contributed by atoms with E-state index in [1.165, 1.54) is 0 Å². The molecule has 0 amide bonds. The Morgan fingerprint density at radius 1 is 1.05 bits per heavy atom. The van der Waals surface area contributed by atoms with E-state index in [1.807, 2.05) is 0 Å². The van der Waals surface area contributed by atoms with Crippen LogP contribution in [-0.2, 0) is 6.54 Å². The number of nitrogens with zero attached hydrogens (tertiary/aromatic N) is 1. The lowest BCUT2D eigenvalue weighted by Crippen LogP contribution is -2.38. The maximum atomic E-state index is 13.7. The van der Waals surface area contributed by atoms with Crippen LogP contribution in [0.4, 0.5) is 13.2 Å². The number of likely N-dealkylation sites (tertiary alicyclic amines) is 1. The van der Waals surface area contributed by atoms with E-state index >= 15 is 0 Å². The zero-order valence-corrected chi connectivity index (χ0v) is 12.5. The van der Waals surface area contributed by atoms with Crippen molar-refractivity contribution in [3.63, 3.8) is 0 Å². The van der Waals surface area contributed by atoms with Crippen LogP contribution in [0.3, 0.4) is 0 Å². The summed E-state index contributed by atoms with van der Waals surface area (Å²) in [6, 6.07) is 1.81. The Morgan fingerprint density at radius 3 is 2.48 bits per heavy atom. The van der Waals surface area contributed by atoms with Crippen molar-refractivity contribution in [2.45, 2.75) is 31.8 Å². The van der Waals surface area contributed by atoms with Gasteiger partial charge in [-0.1, -0.05) is 6.42 Å². The fraction of sp³-hybridized carbons (Fsp3) is 0.600. The van der Waals surface area contributed by atoms with Crippen molar-refractivity contribution < 1.29 is 13.2 Å². The van der Waals surface area contributed by atoms with E-state index < -0.39 is 17.5 Å². The predicted molar refractivity (Wildman–Crippen MR) is 77.6 cm³/mol. The van der Waals surface area contributed by atoms with Gasteiger partial charge in [-0.15, -0.1) is 12.4 Å². The lowest BCUT2D eigenvalue weighted by molar-refractivity contribution is 0.259. The summed E-state index contributed by atoms with van der Waals surface area (Å²) >= 11 is 0. The van der Waals surface area contributed by atoms with Gasteiger partial charge in [-0.3, -0.25) is 4.90 Å². The number of benzene rings is 1. The average molecular weight is 321 g/mol. The predicted octanol–water partition coefficient (Wildman–Crippen LogP) is 3.08. The first-order valence-corrected chi connectivity index (χ1v) is 7.16. The first-order chi connectivity index (χ1) is 9.54. The van der Waals surface area contributed by atoms with Crippen molar-refractivity contribution in [3.8, 4) is 0 Å². The van der Waals surface area contributed by atoms with E-state index in [1.54, 1.807) is 0 Å². The number of halogens is 4. The van der Waals surface area contributed by atoms with Crippen LogP contribution in [0.1, 0.15) is 24.8 Å². The first-order valence-electron chi connectivity index (χ1n) is 7.16. The van der Waals surface area contributed by atoms with Gasteiger partial charge < -0.3 is 5.73 Å². The molecular weight excluding hydrogens is 301 g/mol. The summed E-state index contributed by atoms with van der Waals surface area (Å²) in [6.07, 6.45) is 3.36. The molecule has 1 aliphatic carbocycles. The zero-order chi connectivity index (χ0) is 14.3. The molecule has 1 aliphatic heterocycles. The number of fused-ring (bicyclic) bond motifs is 1. The van der Waals surface area contributed by atoms with Crippen LogP contribution < -0.4 is 5.73 Å². The largest absolute Gasteiger partial charge is 0.327 e. The van der Waals surface area contributed by atoms with Gasteiger partial charge in [-0.05, 0) is 30.7 Å². The molecule has 1 aromatic carbocycles. The SMILES string of the molecule is Cl.NC1CCCC2CN(Cc3cc(F)c(F)cc3F)CC12. The molecule has 0 radical (unpaired) electrons. The summed E-state index contributed by atoms with van der Waals surface area (Å²) in [5.74, 6) is -1.79. The van der Waals surface area contributed by atoms with E-state index in [9.17, 15) is 13.2 Å². The quantitative estimate of drug-likeness (QED) is 0.849. The third kappa shape index (κ3) is 3.35. The lowest BCUT2D eigenvalue weighted by atomic mass is 9.78. The molecule has 2 fully saturated rings. The molecule has 1 saturated carbocycles. The average Bonchev–Trinajstić information content (AvgIpc) is 2.80. The Balaban J connectivity index is 0.00000161. The van der Waals surface area contributed by atoms with Gasteiger partial charge in [0, 0.05) is 37.3 Å². The molecule has 0 spiro atoms. The second-order valence-corrected chi connectivity index (χ2v) is 6.07. The Hall–Kier alpha value is -0.780. The summed E-state index contributed by atoms with van der Waals surface area (Å²) < 4.78 is 39.8. The molecule has 6 heteroatoms. The molecule has 0 bridgehead atoms. The number of rotatable bonds is 2. The van der Waals surface area contributed by atoms with Gasteiger partial charge in [0.05, 0.1) is 0 Å². The molecule has 1 aromatic rings. The Bertz CT molecular complexity index is 512. The minimum atomic E-state index is -1.14. The highest BCUT2D eigenvalue weighted by Crippen LogP contribution is 2.36. The Labute approximate surface area is 128 Å². The number of hydrogen-bond donors (Lipinski definition) is 1. The molecule has 118 valence electrons. The van der Waals surface area contributed by atoms with Crippen molar-refractivity contribution in [1.29, 1.82) is 0 Å². The second kappa shape index (κ2) is 6.55. The van der Waals surface area contributed by atoms with Gasteiger partial charge in [0.1, 0.15) is 5.82 Å². The molecule has 3 unspecified atom stereocenters.